The van der Waals surface area contributed by atoms with Gasteiger partial charge in [0.1, 0.15) is 18.2 Å². The summed E-state index contributed by atoms with van der Waals surface area (Å²) in [5.74, 6) is -0.740. The monoisotopic (exact) mass is 456 g/mol. The molecule has 0 heterocycles. The number of carbonyl (C=O) groups is 3. The topological polar surface area (TPSA) is 93.7 Å². The van der Waals surface area contributed by atoms with Crippen molar-refractivity contribution in [1.82, 2.24) is 10.6 Å². The Bertz CT molecular complexity index is 631. The van der Waals surface area contributed by atoms with Gasteiger partial charge in [-0.15, -0.1) is 0 Å². The normalized spacial score (nSPS) is 12.0. The number of carbonyl (C=O) groups excluding carboxylic acids is 3. The van der Waals surface area contributed by atoms with Crippen LogP contribution in [0.1, 0.15) is 45.6 Å². The van der Waals surface area contributed by atoms with Gasteiger partial charge in [0.2, 0.25) is 5.91 Å². The van der Waals surface area contributed by atoms with Gasteiger partial charge in [-0.2, -0.15) is 0 Å². The molecule has 156 valence electrons. The molecule has 1 aromatic carbocycles. The van der Waals surface area contributed by atoms with Crippen molar-refractivity contribution in [3.63, 3.8) is 0 Å². The van der Waals surface area contributed by atoms with E-state index in [1.165, 1.54) is 0 Å². The number of benzene rings is 1. The molecule has 0 aliphatic carbocycles. The Morgan fingerprint density at radius 2 is 1.79 bits per heavy atom. The fourth-order valence-electron chi connectivity index (χ4n) is 2.29. The van der Waals surface area contributed by atoms with Crippen molar-refractivity contribution in [1.29, 1.82) is 0 Å². The number of ether oxygens (including phenoxy) is 2. The van der Waals surface area contributed by atoms with Gasteiger partial charge in [0, 0.05) is 6.54 Å². The van der Waals surface area contributed by atoms with Crippen LogP contribution in [-0.2, 0) is 25.7 Å². The highest BCUT2D eigenvalue weighted by molar-refractivity contribution is 9.09. The maximum absolute atomic E-state index is 12.3. The van der Waals surface area contributed by atoms with Crippen LogP contribution in [0.5, 0.6) is 0 Å². The summed E-state index contributed by atoms with van der Waals surface area (Å²) in [6.07, 6.45) is 1.21. The summed E-state index contributed by atoms with van der Waals surface area (Å²) in [6, 6.07) is 8.71. The highest BCUT2D eigenvalue weighted by atomic mass is 79.9. The van der Waals surface area contributed by atoms with Crippen LogP contribution in [0, 0.1) is 0 Å². The number of nitrogens with one attached hydrogen (secondary N) is 2. The zero-order valence-corrected chi connectivity index (χ0v) is 18.2. The van der Waals surface area contributed by atoms with E-state index in [2.05, 4.69) is 26.6 Å². The average Bonchev–Trinajstić information content (AvgIpc) is 2.64. The molecule has 7 nitrogen and oxygen atoms in total. The Kier molecular flexibility index (Phi) is 10.6. The summed E-state index contributed by atoms with van der Waals surface area (Å²) in [5.41, 5.74) is 0.291. The number of unbranched alkanes of at least 4 members (excludes halogenated alkanes) is 1. The second-order valence-corrected chi connectivity index (χ2v) is 7.83. The average molecular weight is 457 g/mol. The van der Waals surface area contributed by atoms with Crippen LogP contribution in [0.15, 0.2) is 30.3 Å². The van der Waals surface area contributed by atoms with E-state index in [-0.39, 0.29) is 17.8 Å². The van der Waals surface area contributed by atoms with E-state index in [0.29, 0.717) is 25.8 Å². The van der Waals surface area contributed by atoms with Gasteiger partial charge < -0.3 is 20.1 Å². The highest BCUT2D eigenvalue weighted by Crippen LogP contribution is 2.11. The van der Waals surface area contributed by atoms with Crippen molar-refractivity contribution in [3.8, 4) is 0 Å². The summed E-state index contributed by atoms with van der Waals surface area (Å²) < 4.78 is 10.5. The number of amides is 2. The lowest BCUT2D eigenvalue weighted by molar-refractivity contribution is -0.158. The Morgan fingerprint density at radius 3 is 2.39 bits per heavy atom. The van der Waals surface area contributed by atoms with Gasteiger partial charge in [-0.25, -0.2) is 9.59 Å². The van der Waals surface area contributed by atoms with E-state index in [0.717, 1.165) is 5.56 Å². The molecule has 0 unspecified atom stereocenters. The van der Waals surface area contributed by atoms with Gasteiger partial charge in [-0.05, 0) is 45.6 Å². The number of hydrogen-bond acceptors (Lipinski definition) is 5. The quantitative estimate of drug-likeness (QED) is 0.320. The molecule has 2 amide bonds. The zero-order chi connectivity index (χ0) is 21.0. The fourth-order valence-corrected chi connectivity index (χ4v) is 2.45. The Hall–Kier alpha value is -2.09. The van der Waals surface area contributed by atoms with E-state index < -0.39 is 23.7 Å². The zero-order valence-electron chi connectivity index (χ0n) is 16.6. The summed E-state index contributed by atoms with van der Waals surface area (Å²) in [4.78, 5) is 35.6. The van der Waals surface area contributed by atoms with Crippen molar-refractivity contribution in [2.45, 2.75) is 58.3 Å². The molecule has 0 aromatic heterocycles. The minimum Gasteiger partial charge on any atom is -0.458 e. The molecule has 0 saturated carbocycles. The predicted octanol–water partition coefficient (Wildman–Crippen LogP) is 3.30. The van der Waals surface area contributed by atoms with Crippen molar-refractivity contribution < 1.29 is 23.9 Å². The van der Waals surface area contributed by atoms with Crippen LogP contribution in [0.2, 0.25) is 0 Å². The van der Waals surface area contributed by atoms with E-state index in [9.17, 15) is 14.4 Å². The summed E-state index contributed by atoms with van der Waals surface area (Å²) in [5, 5.41) is 5.44. The number of alkyl halides is 1. The Balaban J connectivity index is 2.31. The van der Waals surface area contributed by atoms with E-state index in [4.69, 9.17) is 9.47 Å². The van der Waals surface area contributed by atoms with Gasteiger partial charge in [-0.3, -0.25) is 4.79 Å². The molecule has 1 rings (SSSR count). The largest absolute Gasteiger partial charge is 0.458 e. The summed E-state index contributed by atoms with van der Waals surface area (Å²) >= 11 is 3.07. The molecular formula is C20H29BrN2O5. The molecule has 0 radical (unpaired) electrons. The minimum absolute atomic E-state index is 0.112. The summed E-state index contributed by atoms with van der Waals surface area (Å²) in [6.45, 7) is 5.96. The molecule has 0 aliphatic heterocycles. The standard InChI is InChI=1S/C20H29BrN2O5/c1-20(2,3)28-18(25)16(23-17(24)13-21)11-7-8-12-22-19(26)27-14-15-9-5-4-6-10-15/h4-6,9-10,16H,7-8,11-14H2,1-3H3,(H,22,26)(H,23,24)/t16-/m0/s1. The molecule has 1 atom stereocenters. The maximum atomic E-state index is 12.3. The lowest BCUT2D eigenvalue weighted by Gasteiger charge is -2.24. The number of hydrogen-bond donors (Lipinski definition) is 2. The van der Waals surface area contributed by atoms with E-state index in [1.807, 2.05) is 30.3 Å². The number of halogens is 1. The van der Waals surface area contributed by atoms with Gasteiger partial charge in [0.25, 0.3) is 0 Å². The van der Waals surface area contributed by atoms with Crippen molar-refractivity contribution in [3.05, 3.63) is 35.9 Å². The number of esters is 1. The lowest BCUT2D eigenvalue weighted by atomic mass is 10.1. The third-order valence-corrected chi connectivity index (χ3v) is 4.06. The Morgan fingerprint density at radius 1 is 1.11 bits per heavy atom. The first-order valence-electron chi connectivity index (χ1n) is 9.24. The van der Waals surface area contributed by atoms with Crippen LogP contribution in [0.25, 0.3) is 0 Å². The third kappa shape index (κ3) is 10.9. The molecule has 0 bridgehead atoms. The van der Waals surface area contributed by atoms with Gasteiger partial charge in [-0.1, -0.05) is 46.3 Å². The van der Waals surface area contributed by atoms with E-state index >= 15 is 0 Å². The molecule has 0 saturated heterocycles. The maximum Gasteiger partial charge on any atom is 0.407 e. The SMILES string of the molecule is CC(C)(C)OC(=O)[C@H](CCCCNC(=O)OCc1ccccc1)NC(=O)CBr. The van der Waals surface area contributed by atoms with Gasteiger partial charge in [0.05, 0.1) is 5.33 Å². The number of alkyl carbamates (subject to hydrolysis) is 1. The lowest BCUT2D eigenvalue weighted by Crippen LogP contribution is -2.44. The first-order valence-corrected chi connectivity index (χ1v) is 10.4. The minimum atomic E-state index is -0.714. The van der Waals surface area contributed by atoms with Crippen molar-refractivity contribution in [2.24, 2.45) is 0 Å². The van der Waals surface area contributed by atoms with E-state index in [1.54, 1.807) is 20.8 Å². The molecule has 2 N–H and O–H groups in total. The van der Waals surface area contributed by atoms with Crippen LogP contribution in [0.3, 0.4) is 0 Å². The Labute approximate surface area is 174 Å². The molecular weight excluding hydrogens is 428 g/mol. The molecule has 0 spiro atoms. The first-order chi connectivity index (χ1) is 13.2. The third-order valence-electron chi connectivity index (χ3n) is 3.55. The highest BCUT2D eigenvalue weighted by Gasteiger charge is 2.26. The molecule has 8 heteroatoms. The second kappa shape index (κ2) is 12.4. The first kappa shape index (κ1) is 23.9. The fraction of sp³-hybridized carbons (Fsp3) is 0.550. The van der Waals surface area contributed by atoms with Crippen LogP contribution >= 0.6 is 15.9 Å². The molecule has 0 aliphatic rings. The molecule has 28 heavy (non-hydrogen) atoms. The van der Waals surface area contributed by atoms with Crippen molar-refractivity contribution in [2.75, 3.05) is 11.9 Å². The van der Waals surface area contributed by atoms with Crippen molar-refractivity contribution >= 4 is 33.9 Å². The van der Waals surface area contributed by atoms with Gasteiger partial charge >= 0.3 is 12.1 Å². The smallest absolute Gasteiger partial charge is 0.407 e. The second-order valence-electron chi connectivity index (χ2n) is 7.27. The molecule has 1 aromatic rings. The van der Waals surface area contributed by atoms with Gasteiger partial charge in [0.15, 0.2) is 0 Å². The van der Waals surface area contributed by atoms with Crippen LogP contribution < -0.4 is 10.6 Å². The predicted molar refractivity (Wildman–Crippen MR) is 110 cm³/mol. The number of rotatable bonds is 10. The molecule has 0 fully saturated rings. The summed E-state index contributed by atoms with van der Waals surface area (Å²) in [7, 11) is 0. The van der Waals surface area contributed by atoms with Crippen LogP contribution in [-0.4, -0.2) is 41.5 Å². The van der Waals surface area contributed by atoms with Crippen LogP contribution in [0.4, 0.5) is 4.79 Å².